The Morgan fingerprint density at radius 3 is 2.50 bits per heavy atom. The van der Waals surface area contributed by atoms with Gasteiger partial charge in [0.05, 0.1) is 12.4 Å². The van der Waals surface area contributed by atoms with Crippen LogP contribution in [0.2, 0.25) is 0 Å². The minimum Gasteiger partial charge on any atom is -0.490 e. The Kier molecular flexibility index (Phi) is 5.82. The van der Waals surface area contributed by atoms with Crippen molar-refractivity contribution >= 4 is 15.8 Å². The van der Waals surface area contributed by atoms with E-state index in [-0.39, 0.29) is 29.4 Å². The highest BCUT2D eigenvalue weighted by atomic mass is 32.2. The molecule has 0 atom stereocenters. The lowest BCUT2D eigenvalue weighted by Gasteiger charge is -2.14. The minimum atomic E-state index is -3.16. The first-order chi connectivity index (χ1) is 9.41. The number of benzene rings is 1. The second-order valence-electron chi connectivity index (χ2n) is 3.96. The van der Waals surface area contributed by atoms with Gasteiger partial charge in [-0.05, 0) is 19.1 Å². The van der Waals surface area contributed by atoms with Gasteiger partial charge in [-0.3, -0.25) is 0 Å². The van der Waals surface area contributed by atoms with Crippen LogP contribution in [-0.2, 0) is 9.84 Å². The average Bonchev–Trinajstić information content (AvgIpc) is 2.40. The second kappa shape index (κ2) is 7.14. The number of aromatic carboxylic acids is 1. The summed E-state index contributed by atoms with van der Waals surface area (Å²) in [6, 6.07) is 4.51. The largest absolute Gasteiger partial charge is 0.490 e. The van der Waals surface area contributed by atoms with Gasteiger partial charge in [0, 0.05) is 5.75 Å². The molecule has 6 nitrogen and oxygen atoms in total. The summed E-state index contributed by atoms with van der Waals surface area (Å²) >= 11 is 0. The maximum atomic E-state index is 11.4. The van der Waals surface area contributed by atoms with Gasteiger partial charge in [0.1, 0.15) is 12.2 Å². The monoisotopic (exact) mass is 302 g/mol. The van der Waals surface area contributed by atoms with Crippen molar-refractivity contribution in [3.63, 3.8) is 0 Å². The highest BCUT2D eigenvalue weighted by Gasteiger charge is 2.17. The van der Waals surface area contributed by atoms with Crippen molar-refractivity contribution < 1.29 is 27.8 Å². The van der Waals surface area contributed by atoms with Crippen molar-refractivity contribution in [1.29, 1.82) is 0 Å². The van der Waals surface area contributed by atoms with Gasteiger partial charge in [0.25, 0.3) is 0 Å². The molecule has 1 aromatic rings. The number of hydrogen-bond donors (Lipinski definition) is 1. The lowest BCUT2D eigenvalue weighted by Crippen LogP contribution is -2.17. The van der Waals surface area contributed by atoms with Gasteiger partial charge in [0.2, 0.25) is 0 Å². The van der Waals surface area contributed by atoms with Crippen LogP contribution in [0, 0.1) is 0 Å². The number of rotatable bonds is 8. The zero-order valence-corrected chi connectivity index (χ0v) is 12.3. The van der Waals surface area contributed by atoms with Gasteiger partial charge < -0.3 is 14.6 Å². The van der Waals surface area contributed by atoms with E-state index in [0.717, 1.165) is 0 Å². The summed E-state index contributed by atoms with van der Waals surface area (Å²) in [6.07, 6.45) is 0. The molecule has 0 aromatic heterocycles. The first-order valence-corrected chi connectivity index (χ1v) is 8.05. The van der Waals surface area contributed by atoms with E-state index in [1.165, 1.54) is 6.07 Å². The van der Waals surface area contributed by atoms with Crippen molar-refractivity contribution in [2.24, 2.45) is 0 Å². The maximum absolute atomic E-state index is 11.4. The molecular formula is C13H18O6S. The van der Waals surface area contributed by atoms with E-state index in [2.05, 4.69) is 0 Å². The van der Waals surface area contributed by atoms with Gasteiger partial charge in [-0.15, -0.1) is 0 Å². The third kappa shape index (κ3) is 4.41. The van der Waals surface area contributed by atoms with Crippen LogP contribution in [0.25, 0.3) is 0 Å². The summed E-state index contributed by atoms with van der Waals surface area (Å²) in [7, 11) is -3.16. The number of carbonyl (C=O) groups is 1. The molecule has 0 spiro atoms. The molecule has 0 saturated carbocycles. The Morgan fingerprint density at radius 1 is 1.25 bits per heavy atom. The lowest BCUT2D eigenvalue weighted by molar-refractivity contribution is 0.0691. The van der Waals surface area contributed by atoms with Crippen molar-refractivity contribution in [1.82, 2.24) is 0 Å². The van der Waals surface area contributed by atoms with Crippen LogP contribution in [0.4, 0.5) is 0 Å². The topological polar surface area (TPSA) is 89.9 Å². The van der Waals surface area contributed by atoms with Crippen LogP contribution in [0.15, 0.2) is 18.2 Å². The fourth-order valence-corrected chi connectivity index (χ4v) is 2.14. The Hall–Kier alpha value is -1.76. The van der Waals surface area contributed by atoms with Gasteiger partial charge >= 0.3 is 5.97 Å². The van der Waals surface area contributed by atoms with Crippen molar-refractivity contribution in [3.8, 4) is 11.5 Å². The lowest BCUT2D eigenvalue weighted by atomic mass is 10.2. The summed E-state index contributed by atoms with van der Waals surface area (Å²) in [5, 5.41) is 9.11. The molecule has 1 rings (SSSR count). The summed E-state index contributed by atoms with van der Waals surface area (Å²) in [6.45, 7) is 3.55. The Balaban J connectivity index is 2.93. The fraction of sp³-hybridized carbons (Fsp3) is 0.462. The fourth-order valence-electron chi connectivity index (χ4n) is 1.52. The highest BCUT2D eigenvalue weighted by Crippen LogP contribution is 2.31. The molecule has 112 valence electrons. The molecule has 0 bridgehead atoms. The predicted octanol–water partition coefficient (Wildman–Crippen LogP) is 1.60. The number of hydrogen-bond acceptors (Lipinski definition) is 5. The molecule has 1 aromatic carbocycles. The van der Waals surface area contributed by atoms with Crippen LogP contribution in [0.3, 0.4) is 0 Å². The van der Waals surface area contributed by atoms with Gasteiger partial charge in [-0.1, -0.05) is 13.0 Å². The molecule has 0 amide bonds. The smallest absolute Gasteiger partial charge is 0.339 e. The van der Waals surface area contributed by atoms with E-state index in [0.29, 0.717) is 12.4 Å². The molecule has 0 heterocycles. The summed E-state index contributed by atoms with van der Waals surface area (Å²) in [5.74, 6) is -0.937. The Bertz CT molecular complexity index is 564. The van der Waals surface area contributed by atoms with Crippen LogP contribution in [0.1, 0.15) is 24.2 Å². The molecule has 20 heavy (non-hydrogen) atoms. The Labute approximate surface area is 118 Å². The SMILES string of the molecule is CCOc1cccc(C(=O)O)c1OCCS(=O)(=O)CC. The number of carboxylic acid groups (broad SMARTS) is 1. The zero-order valence-electron chi connectivity index (χ0n) is 11.5. The molecule has 7 heteroatoms. The third-order valence-electron chi connectivity index (χ3n) is 2.59. The standard InChI is InChI=1S/C13H18O6S/c1-3-18-11-7-5-6-10(13(14)15)12(11)19-8-9-20(16,17)4-2/h5-7H,3-4,8-9H2,1-2H3,(H,14,15). The maximum Gasteiger partial charge on any atom is 0.339 e. The zero-order chi connectivity index (χ0) is 15.2. The first kappa shape index (κ1) is 16.3. The molecule has 0 aliphatic heterocycles. The highest BCUT2D eigenvalue weighted by molar-refractivity contribution is 7.91. The average molecular weight is 302 g/mol. The normalized spacial score (nSPS) is 11.1. The second-order valence-corrected chi connectivity index (χ2v) is 6.43. The molecule has 0 saturated heterocycles. The quantitative estimate of drug-likeness (QED) is 0.784. The van der Waals surface area contributed by atoms with Crippen molar-refractivity contribution in [2.75, 3.05) is 24.7 Å². The molecular weight excluding hydrogens is 284 g/mol. The minimum absolute atomic E-state index is 0.0231. The first-order valence-electron chi connectivity index (χ1n) is 6.23. The summed E-state index contributed by atoms with van der Waals surface area (Å²) < 4.78 is 33.4. The van der Waals surface area contributed by atoms with Crippen molar-refractivity contribution in [2.45, 2.75) is 13.8 Å². The number of para-hydroxylation sites is 1. The number of ether oxygens (including phenoxy) is 2. The van der Waals surface area contributed by atoms with Crippen LogP contribution in [-0.4, -0.2) is 44.2 Å². The molecule has 0 fully saturated rings. The Morgan fingerprint density at radius 2 is 1.95 bits per heavy atom. The van der Waals surface area contributed by atoms with Gasteiger partial charge in [0.15, 0.2) is 21.3 Å². The molecule has 0 radical (unpaired) electrons. The predicted molar refractivity (Wildman–Crippen MR) is 74.4 cm³/mol. The molecule has 0 aliphatic carbocycles. The van der Waals surface area contributed by atoms with E-state index in [9.17, 15) is 13.2 Å². The molecule has 1 N–H and O–H groups in total. The van der Waals surface area contributed by atoms with E-state index < -0.39 is 15.8 Å². The molecule has 0 aliphatic rings. The van der Waals surface area contributed by atoms with Crippen LogP contribution >= 0.6 is 0 Å². The summed E-state index contributed by atoms with van der Waals surface area (Å²) in [5.41, 5.74) is -0.0511. The van der Waals surface area contributed by atoms with Crippen LogP contribution in [0.5, 0.6) is 11.5 Å². The van der Waals surface area contributed by atoms with Gasteiger partial charge in [-0.2, -0.15) is 0 Å². The number of sulfone groups is 1. The van der Waals surface area contributed by atoms with Crippen molar-refractivity contribution in [3.05, 3.63) is 23.8 Å². The number of carboxylic acids is 1. The van der Waals surface area contributed by atoms with Crippen LogP contribution < -0.4 is 9.47 Å². The van der Waals surface area contributed by atoms with E-state index >= 15 is 0 Å². The third-order valence-corrected chi connectivity index (χ3v) is 4.26. The van der Waals surface area contributed by atoms with E-state index in [4.69, 9.17) is 14.6 Å². The van der Waals surface area contributed by atoms with E-state index in [1.807, 2.05) is 0 Å². The van der Waals surface area contributed by atoms with E-state index in [1.54, 1.807) is 26.0 Å². The van der Waals surface area contributed by atoms with Gasteiger partial charge in [-0.25, -0.2) is 13.2 Å². The summed E-state index contributed by atoms with van der Waals surface area (Å²) in [4.78, 5) is 11.1. The molecule has 0 unspecified atom stereocenters.